The molecule has 0 spiro atoms. The van der Waals surface area contributed by atoms with Gasteiger partial charge in [-0.15, -0.1) is 0 Å². The summed E-state index contributed by atoms with van der Waals surface area (Å²) in [5.74, 6) is -1.11. The summed E-state index contributed by atoms with van der Waals surface area (Å²) in [5.41, 5.74) is 0.216. The van der Waals surface area contributed by atoms with Crippen molar-refractivity contribution in [3.63, 3.8) is 0 Å². The van der Waals surface area contributed by atoms with Crippen LogP contribution in [0.25, 0.3) is 0 Å². The fourth-order valence-electron chi connectivity index (χ4n) is 0.690. The van der Waals surface area contributed by atoms with Crippen molar-refractivity contribution in [3.8, 4) is 0 Å². The van der Waals surface area contributed by atoms with Gasteiger partial charge in [0.15, 0.2) is 0 Å². The van der Waals surface area contributed by atoms with Gasteiger partial charge in [-0.2, -0.15) is 0 Å². The number of hydrogen-bond acceptors (Lipinski definition) is 2. The van der Waals surface area contributed by atoms with E-state index in [1.807, 2.05) is 0 Å². The molecule has 0 N–H and O–H groups in total. The zero-order chi connectivity index (χ0) is 7.98. The van der Waals surface area contributed by atoms with E-state index in [-0.39, 0.29) is 57.0 Å². The van der Waals surface area contributed by atoms with Crippen molar-refractivity contribution in [2.75, 3.05) is 0 Å². The van der Waals surface area contributed by atoms with Crippen molar-refractivity contribution >= 4 is 5.97 Å². The van der Waals surface area contributed by atoms with E-state index in [4.69, 9.17) is 0 Å². The van der Waals surface area contributed by atoms with Crippen molar-refractivity contribution in [1.29, 1.82) is 0 Å². The third-order valence-electron chi connectivity index (χ3n) is 1.37. The van der Waals surface area contributed by atoms with Crippen LogP contribution in [0, 0.1) is 0 Å². The second-order valence-corrected chi connectivity index (χ2v) is 2.35. The summed E-state index contributed by atoms with van der Waals surface area (Å²) in [7, 11) is 0. The largest absolute Gasteiger partial charge is 1.00 e. The molecule has 0 aliphatic rings. The van der Waals surface area contributed by atoms with Gasteiger partial charge in [-0.05, 0) is 18.4 Å². The average Bonchev–Trinajstić information content (AvgIpc) is 1.88. The summed E-state index contributed by atoms with van der Waals surface area (Å²) >= 11 is 0. The van der Waals surface area contributed by atoms with Crippen molar-refractivity contribution in [3.05, 3.63) is 12.2 Å². The first-order chi connectivity index (χ1) is 4.68. The first-order valence-corrected chi connectivity index (χ1v) is 3.57. The minimum Gasteiger partial charge on any atom is -0.545 e. The van der Waals surface area contributed by atoms with E-state index in [2.05, 4.69) is 13.5 Å². The second-order valence-electron chi connectivity index (χ2n) is 2.35. The summed E-state index contributed by atoms with van der Waals surface area (Å²) in [6.45, 7) is 5.44. The fraction of sp³-hybridized carbons (Fsp3) is 0.625. The Labute approximate surface area is 110 Å². The molecule has 0 aromatic heterocycles. The van der Waals surface area contributed by atoms with Crippen LogP contribution in [0.1, 0.15) is 32.6 Å². The van der Waals surface area contributed by atoms with E-state index in [1.54, 1.807) is 0 Å². The van der Waals surface area contributed by atoms with Crippen LogP contribution in [0.4, 0.5) is 0 Å². The molecule has 0 aliphatic carbocycles. The van der Waals surface area contributed by atoms with Crippen molar-refractivity contribution in [1.82, 2.24) is 0 Å². The Bertz CT molecular complexity index is 132. The zero-order valence-electron chi connectivity index (χ0n) is 7.35. The second kappa shape index (κ2) is 8.94. The summed E-state index contributed by atoms with van der Waals surface area (Å²) in [6.07, 6.45) is 3.63. The van der Waals surface area contributed by atoms with Gasteiger partial charge in [0.1, 0.15) is 0 Å². The summed E-state index contributed by atoms with van der Waals surface area (Å²) in [4.78, 5) is 10.1. The minimum atomic E-state index is -1.11. The quantitative estimate of drug-likeness (QED) is 0.276. The monoisotopic (exact) mass is 180 g/mol. The first kappa shape index (κ1) is 14.4. The number of carboxylic acids is 1. The van der Waals surface area contributed by atoms with Gasteiger partial charge in [0.25, 0.3) is 0 Å². The Balaban J connectivity index is 0. The summed E-state index contributed by atoms with van der Waals surface area (Å²) < 4.78 is 0. The molecule has 0 unspecified atom stereocenters. The van der Waals surface area contributed by atoms with Gasteiger partial charge in [-0.25, -0.2) is 0 Å². The van der Waals surface area contributed by atoms with Crippen LogP contribution in [0.15, 0.2) is 12.2 Å². The number of carbonyl (C=O) groups is 1. The van der Waals surface area contributed by atoms with Crippen LogP contribution >= 0.6 is 0 Å². The molecular formula is C8H13KO2. The predicted molar refractivity (Wildman–Crippen MR) is 38.3 cm³/mol. The summed E-state index contributed by atoms with van der Waals surface area (Å²) in [5, 5.41) is 10.1. The van der Waals surface area contributed by atoms with Crippen LogP contribution in [-0.2, 0) is 4.79 Å². The molecule has 0 aliphatic heterocycles. The molecule has 3 heteroatoms. The minimum absolute atomic E-state index is 0. The van der Waals surface area contributed by atoms with Crippen LogP contribution in [0.3, 0.4) is 0 Å². The van der Waals surface area contributed by atoms with E-state index in [0.717, 1.165) is 19.3 Å². The van der Waals surface area contributed by atoms with Crippen LogP contribution in [0.2, 0.25) is 0 Å². The van der Waals surface area contributed by atoms with Gasteiger partial charge < -0.3 is 9.90 Å². The number of unbranched alkanes of at least 4 members (excludes halogenated alkanes) is 2. The Morgan fingerprint density at radius 2 is 2.00 bits per heavy atom. The Hall–Kier alpha value is 0.846. The molecule has 0 amide bonds. The van der Waals surface area contributed by atoms with E-state index < -0.39 is 5.97 Å². The van der Waals surface area contributed by atoms with E-state index >= 15 is 0 Å². The van der Waals surface area contributed by atoms with Gasteiger partial charge in [-0.1, -0.05) is 26.3 Å². The number of carbonyl (C=O) groups excluding carboxylic acids is 1. The molecular weight excluding hydrogens is 167 g/mol. The van der Waals surface area contributed by atoms with E-state index in [0.29, 0.717) is 6.42 Å². The molecule has 11 heavy (non-hydrogen) atoms. The number of aliphatic carboxylic acids is 1. The van der Waals surface area contributed by atoms with Crippen LogP contribution in [-0.4, -0.2) is 5.97 Å². The smallest absolute Gasteiger partial charge is 0.545 e. The molecule has 0 bridgehead atoms. The van der Waals surface area contributed by atoms with Gasteiger partial charge in [0.05, 0.1) is 5.97 Å². The molecule has 58 valence electrons. The topological polar surface area (TPSA) is 40.1 Å². The molecule has 0 rings (SSSR count). The molecule has 0 heterocycles. The van der Waals surface area contributed by atoms with E-state index in [9.17, 15) is 9.90 Å². The maximum absolute atomic E-state index is 10.1. The van der Waals surface area contributed by atoms with E-state index in [1.165, 1.54) is 0 Å². The van der Waals surface area contributed by atoms with Gasteiger partial charge >= 0.3 is 51.4 Å². The average molecular weight is 180 g/mol. The molecule has 0 aromatic carbocycles. The third kappa shape index (κ3) is 8.76. The number of rotatable bonds is 5. The standard InChI is InChI=1S/C8H14O2.K/c1-3-4-5-6-7(2)8(9)10;/h2-6H2,1H3,(H,9,10);/q;+1/p-1. The normalized spacial score (nSPS) is 8.45. The molecule has 0 saturated carbocycles. The van der Waals surface area contributed by atoms with Gasteiger partial charge in [0, 0.05) is 0 Å². The van der Waals surface area contributed by atoms with Crippen LogP contribution < -0.4 is 56.5 Å². The maximum Gasteiger partial charge on any atom is 1.00 e. The van der Waals surface area contributed by atoms with Gasteiger partial charge in [0.2, 0.25) is 0 Å². The summed E-state index contributed by atoms with van der Waals surface area (Å²) in [6, 6.07) is 0. The molecule has 0 aromatic rings. The molecule has 2 nitrogen and oxygen atoms in total. The first-order valence-electron chi connectivity index (χ1n) is 3.57. The molecule has 0 radical (unpaired) electrons. The SMILES string of the molecule is C=C(CCCCC)C(=O)[O-].[K+]. The van der Waals surface area contributed by atoms with Crippen molar-refractivity contribution in [2.45, 2.75) is 32.6 Å². The fourth-order valence-corrected chi connectivity index (χ4v) is 0.690. The van der Waals surface area contributed by atoms with Crippen molar-refractivity contribution < 1.29 is 61.3 Å². The Kier molecular flexibility index (Phi) is 11.7. The Morgan fingerprint density at radius 3 is 2.36 bits per heavy atom. The molecule has 0 saturated heterocycles. The van der Waals surface area contributed by atoms with Crippen molar-refractivity contribution in [2.24, 2.45) is 0 Å². The maximum atomic E-state index is 10.1. The third-order valence-corrected chi connectivity index (χ3v) is 1.37. The predicted octanol–water partition coefficient (Wildman–Crippen LogP) is -2.12. The molecule has 0 fully saturated rings. The van der Waals surface area contributed by atoms with Crippen LogP contribution in [0.5, 0.6) is 0 Å². The Morgan fingerprint density at radius 1 is 1.45 bits per heavy atom. The number of hydrogen-bond donors (Lipinski definition) is 0. The molecule has 0 atom stereocenters. The van der Waals surface area contributed by atoms with Gasteiger partial charge in [-0.3, -0.25) is 0 Å². The zero-order valence-corrected chi connectivity index (χ0v) is 10.5. The number of carboxylic acid groups (broad SMARTS) is 1.